The largest absolute Gasteiger partial charge is 0.390 e. The number of hydrogen-bond acceptors (Lipinski definition) is 7. The lowest BCUT2D eigenvalue weighted by atomic mass is 10.00. The highest BCUT2D eigenvalue weighted by Gasteiger charge is 2.33. The van der Waals surface area contributed by atoms with E-state index in [-0.39, 0.29) is 42.4 Å². The lowest BCUT2D eigenvalue weighted by Crippen LogP contribution is -2.56. The quantitative estimate of drug-likeness (QED) is 0.142. The number of fused-ring (bicyclic) bond motifs is 1. The van der Waals surface area contributed by atoms with E-state index in [9.17, 15) is 27.9 Å². The lowest BCUT2D eigenvalue weighted by Gasteiger charge is -2.31. The van der Waals surface area contributed by atoms with Crippen LogP contribution in [-0.4, -0.2) is 78.9 Å². The molecule has 0 radical (unpaired) electrons. The third-order valence-electron chi connectivity index (χ3n) is 7.94. The minimum absolute atomic E-state index is 0.0659. The number of carbonyl (C=O) groups is 3. The van der Waals surface area contributed by atoms with Gasteiger partial charge in [0.1, 0.15) is 11.7 Å². The van der Waals surface area contributed by atoms with Crippen molar-refractivity contribution in [3.05, 3.63) is 108 Å². The van der Waals surface area contributed by atoms with Gasteiger partial charge in [-0.25, -0.2) is 13.4 Å². The summed E-state index contributed by atoms with van der Waals surface area (Å²) in [6.07, 6.45) is -1.02. The summed E-state index contributed by atoms with van der Waals surface area (Å²) < 4.78 is 28.7. The van der Waals surface area contributed by atoms with Crippen LogP contribution in [-0.2, 0) is 26.0 Å². The maximum absolute atomic E-state index is 13.8. The molecule has 0 aliphatic rings. The summed E-state index contributed by atoms with van der Waals surface area (Å²) in [5.41, 5.74) is 1.45. The Hall–Kier alpha value is -4.65. The molecular weight excluding hydrogens is 630 g/mol. The average molecular weight is 674 g/mol. The van der Waals surface area contributed by atoms with Crippen molar-refractivity contribution in [1.82, 2.24) is 25.2 Å². The number of aliphatic hydroxyl groups is 1. The number of carbonyl (C=O) groups excluding carboxylic acids is 3. The van der Waals surface area contributed by atoms with Gasteiger partial charge in [0.2, 0.25) is 21.8 Å². The summed E-state index contributed by atoms with van der Waals surface area (Å²) in [5, 5.41) is 20.4. The second-order valence-corrected chi connectivity index (χ2v) is 14.0. The molecule has 0 saturated heterocycles. The maximum Gasteiger partial charge on any atom is 0.270 e. The molecule has 0 saturated carbocycles. The summed E-state index contributed by atoms with van der Waals surface area (Å²) in [6, 6.07) is 25.4. The van der Waals surface area contributed by atoms with Gasteiger partial charge in [0.15, 0.2) is 0 Å². The normalized spacial score (nSPS) is 13.5. The van der Waals surface area contributed by atoms with Gasteiger partial charge in [-0.3, -0.25) is 14.4 Å². The Labute approximate surface area is 281 Å². The molecule has 4 rings (SSSR count). The Morgan fingerprint density at radius 2 is 1.50 bits per heavy atom. The topological polar surface area (TPSA) is 158 Å². The first-order valence-electron chi connectivity index (χ1n) is 15.9. The highest BCUT2D eigenvalue weighted by molar-refractivity contribution is 7.89. The molecule has 12 heteroatoms. The molecule has 0 bridgehead atoms. The number of amides is 3. The zero-order valence-electron chi connectivity index (χ0n) is 27.4. The van der Waals surface area contributed by atoms with Crippen molar-refractivity contribution in [3.8, 4) is 0 Å². The van der Waals surface area contributed by atoms with Gasteiger partial charge in [0.05, 0.1) is 29.0 Å². The number of benzene rings is 3. The Bertz CT molecular complexity index is 1790. The van der Waals surface area contributed by atoms with E-state index in [0.29, 0.717) is 11.9 Å². The zero-order chi connectivity index (χ0) is 34.7. The van der Waals surface area contributed by atoms with Crippen LogP contribution in [0.3, 0.4) is 0 Å². The molecule has 4 aromatic rings. The SMILES string of the molecule is CNC(=O)CC(NC(=O)c1ccc2ccccc2n1)C(=O)NC(Cc1ccccc1)C(O)CN(CCC(C)C)S(=O)(=O)c1ccccc1. The first-order chi connectivity index (χ1) is 23.0. The summed E-state index contributed by atoms with van der Waals surface area (Å²) in [4.78, 5) is 44.1. The first-order valence-corrected chi connectivity index (χ1v) is 17.4. The number of sulfonamides is 1. The fraction of sp³-hybridized carbons (Fsp3) is 0.333. The van der Waals surface area contributed by atoms with Gasteiger partial charge in [-0.1, -0.05) is 86.6 Å². The molecule has 3 aromatic carbocycles. The van der Waals surface area contributed by atoms with Gasteiger partial charge >= 0.3 is 0 Å². The van der Waals surface area contributed by atoms with E-state index in [2.05, 4.69) is 20.9 Å². The minimum Gasteiger partial charge on any atom is -0.390 e. The minimum atomic E-state index is -3.98. The Kier molecular flexibility index (Phi) is 12.8. The van der Waals surface area contributed by atoms with Crippen molar-refractivity contribution < 1.29 is 27.9 Å². The molecule has 1 heterocycles. The molecule has 3 amide bonds. The second kappa shape index (κ2) is 17.0. The van der Waals surface area contributed by atoms with Crippen LogP contribution in [0.1, 0.15) is 42.7 Å². The lowest BCUT2D eigenvalue weighted by molar-refractivity contribution is -0.129. The number of aromatic nitrogens is 1. The fourth-order valence-corrected chi connectivity index (χ4v) is 6.64. The van der Waals surface area contributed by atoms with Crippen molar-refractivity contribution in [2.45, 2.75) is 56.2 Å². The maximum atomic E-state index is 13.8. The average Bonchev–Trinajstić information content (AvgIpc) is 3.09. The van der Waals surface area contributed by atoms with Crippen LogP contribution in [0.2, 0.25) is 0 Å². The van der Waals surface area contributed by atoms with E-state index >= 15 is 0 Å². The third kappa shape index (κ3) is 9.93. The van der Waals surface area contributed by atoms with Gasteiger partial charge in [0.25, 0.3) is 5.91 Å². The van der Waals surface area contributed by atoms with E-state index in [0.717, 1.165) is 10.9 Å². The van der Waals surface area contributed by atoms with Gasteiger partial charge in [0, 0.05) is 25.5 Å². The first kappa shape index (κ1) is 36.2. The second-order valence-electron chi connectivity index (χ2n) is 12.0. The molecule has 0 spiro atoms. The summed E-state index contributed by atoms with van der Waals surface area (Å²) in [5.74, 6) is -1.66. The number of rotatable bonds is 16. The molecule has 1 aromatic heterocycles. The van der Waals surface area contributed by atoms with Crippen molar-refractivity contribution in [2.24, 2.45) is 5.92 Å². The number of para-hydroxylation sites is 1. The Balaban J connectivity index is 1.60. The standard InChI is InChI=1S/C36H43N5O6S/c1-25(2)20-21-41(48(46,47)28-15-8-5-9-16-28)24-33(42)31(22-26-12-6-4-7-13-26)39-36(45)32(23-34(43)37-3)40-35(44)30-19-18-27-14-10-11-17-29(27)38-30/h4-19,25,31-33,42H,20-24H2,1-3H3,(H,37,43)(H,39,45)(H,40,44). The van der Waals surface area contributed by atoms with Gasteiger partial charge in [-0.15, -0.1) is 0 Å². The fourth-order valence-electron chi connectivity index (χ4n) is 5.15. The number of aliphatic hydroxyl groups excluding tert-OH is 1. The molecule has 0 fully saturated rings. The zero-order valence-corrected chi connectivity index (χ0v) is 28.2. The number of pyridine rings is 1. The predicted octanol–water partition coefficient (Wildman–Crippen LogP) is 3.29. The highest BCUT2D eigenvalue weighted by atomic mass is 32.2. The van der Waals surface area contributed by atoms with Crippen LogP contribution < -0.4 is 16.0 Å². The van der Waals surface area contributed by atoms with Crippen molar-refractivity contribution >= 4 is 38.6 Å². The van der Waals surface area contributed by atoms with Crippen LogP contribution in [0, 0.1) is 5.92 Å². The predicted molar refractivity (Wildman–Crippen MR) is 184 cm³/mol. The number of hydrogen-bond donors (Lipinski definition) is 4. The van der Waals surface area contributed by atoms with E-state index in [1.807, 2.05) is 56.3 Å². The molecule has 4 N–H and O–H groups in total. The van der Waals surface area contributed by atoms with Crippen LogP contribution in [0.4, 0.5) is 0 Å². The molecule has 48 heavy (non-hydrogen) atoms. The summed E-state index contributed by atoms with van der Waals surface area (Å²) in [6.45, 7) is 3.83. The van der Waals surface area contributed by atoms with Gasteiger partial charge in [-0.05, 0) is 48.6 Å². The van der Waals surface area contributed by atoms with Gasteiger partial charge in [-0.2, -0.15) is 4.31 Å². The summed E-state index contributed by atoms with van der Waals surface area (Å²) >= 11 is 0. The van der Waals surface area contributed by atoms with E-state index in [1.165, 1.54) is 29.6 Å². The molecule has 3 atom stereocenters. The molecule has 254 valence electrons. The molecular formula is C36H43N5O6S. The van der Waals surface area contributed by atoms with E-state index < -0.39 is 45.9 Å². The van der Waals surface area contributed by atoms with E-state index in [4.69, 9.17) is 0 Å². The van der Waals surface area contributed by atoms with Crippen molar-refractivity contribution in [1.29, 1.82) is 0 Å². The number of nitrogens with one attached hydrogen (secondary N) is 3. The van der Waals surface area contributed by atoms with Crippen LogP contribution in [0.5, 0.6) is 0 Å². The van der Waals surface area contributed by atoms with Crippen molar-refractivity contribution in [3.63, 3.8) is 0 Å². The monoisotopic (exact) mass is 673 g/mol. The molecule has 3 unspecified atom stereocenters. The van der Waals surface area contributed by atoms with Crippen molar-refractivity contribution in [2.75, 3.05) is 20.1 Å². The van der Waals surface area contributed by atoms with Gasteiger partial charge < -0.3 is 21.1 Å². The highest BCUT2D eigenvalue weighted by Crippen LogP contribution is 2.19. The molecule has 0 aliphatic carbocycles. The Morgan fingerprint density at radius 3 is 2.17 bits per heavy atom. The summed E-state index contributed by atoms with van der Waals surface area (Å²) in [7, 11) is -2.56. The molecule has 0 aliphatic heterocycles. The van der Waals surface area contributed by atoms with Crippen LogP contribution in [0.25, 0.3) is 10.9 Å². The number of nitrogens with zero attached hydrogens (tertiary/aromatic N) is 2. The molecule has 11 nitrogen and oxygen atoms in total. The van der Waals surface area contributed by atoms with Crippen LogP contribution >= 0.6 is 0 Å². The van der Waals surface area contributed by atoms with Crippen LogP contribution in [0.15, 0.2) is 102 Å². The smallest absolute Gasteiger partial charge is 0.270 e. The third-order valence-corrected chi connectivity index (χ3v) is 9.82. The Morgan fingerprint density at radius 1 is 0.854 bits per heavy atom. The van der Waals surface area contributed by atoms with E-state index in [1.54, 1.807) is 36.4 Å².